The molecule has 0 aliphatic heterocycles. The van der Waals surface area contributed by atoms with Crippen molar-refractivity contribution in [3.63, 3.8) is 0 Å². The standard InChI is InChI=1S/C27H25ClN2O4/c28-22-12-5-7-14-25(22)33-19-26(31)30(18-20-9-2-1-3-10-20)16-8-15-29-23-17-27(32)34-24-13-6-4-11-21(23)24/h1-7,9-14,17,29H,8,15-16,18-19H2. The molecule has 174 valence electrons. The second-order valence-electron chi connectivity index (χ2n) is 7.78. The van der Waals surface area contributed by atoms with Crippen molar-refractivity contribution in [2.75, 3.05) is 25.0 Å². The van der Waals surface area contributed by atoms with Crippen LogP contribution in [0.2, 0.25) is 5.02 Å². The van der Waals surface area contributed by atoms with Gasteiger partial charge in [0.25, 0.3) is 5.91 Å². The Kier molecular flexibility index (Phi) is 7.83. The van der Waals surface area contributed by atoms with Crippen molar-refractivity contribution >= 4 is 34.2 Å². The third kappa shape index (κ3) is 6.17. The number of nitrogens with one attached hydrogen (secondary N) is 1. The summed E-state index contributed by atoms with van der Waals surface area (Å²) in [7, 11) is 0. The molecule has 1 N–H and O–H groups in total. The van der Waals surface area contributed by atoms with Crippen LogP contribution in [0.5, 0.6) is 5.75 Å². The normalized spacial score (nSPS) is 10.7. The van der Waals surface area contributed by atoms with Gasteiger partial charge in [-0.3, -0.25) is 4.79 Å². The number of ether oxygens (including phenoxy) is 1. The molecule has 0 saturated heterocycles. The number of anilines is 1. The number of amides is 1. The minimum Gasteiger partial charge on any atom is -0.482 e. The molecule has 0 radical (unpaired) electrons. The van der Waals surface area contributed by atoms with Crippen molar-refractivity contribution in [2.45, 2.75) is 13.0 Å². The molecule has 0 aliphatic carbocycles. The fourth-order valence-electron chi connectivity index (χ4n) is 3.64. The number of hydrogen-bond acceptors (Lipinski definition) is 5. The van der Waals surface area contributed by atoms with Gasteiger partial charge in [-0.2, -0.15) is 0 Å². The summed E-state index contributed by atoms with van der Waals surface area (Å²) in [4.78, 5) is 26.6. The van der Waals surface area contributed by atoms with Crippen molar-refractivity contribution in [3.05, 3.63) is 106 Å². The smallest absolute Gasteiger partial charge is 0.338 e. The zero-order valence-electron chi connectivity index (χ0n) is 18.6. The number of rotatable bonds is 10. The number of nitrogens with zero attached hydrogens (tertiary/aromatic N) is 1. The first-order valence-corrected chi connectivity index (χ1v) is 11.4. The Morgan fingerprint density at radius 3 is 2.53 bits per heavy atom. The Balaban J connectivity index is 1.39. The predicted octanol–water partition coefficient (Wildman–Crippen LogP) is 5.36. The second-order valence-corrected chi connectivity index (χ2v) is 8.18. The Hall–Kier alpha value is -3.77. The highest BCUT2D eigenvalue weighted by Gasteiger charge is 2.15. The summed E-state index contributed by atoms with van der Waals surface area (Å²) >= 11 is 6.14. The number of halogens is 1. The maximum absolute atomic E-state index is 13.0. The Morgan fingerprint density at radius 2 is 1.71 bits per heavy atom. The molecule has 34 heavy (non-hydrogen) atoms. The number of para-hydroxylation sites is 2. The first-order valence-electron chi connectivity index (χ1n) is 11.1. The molecule has 1 amide bonds. The van der Waals surface area contributed by atoms with Crippen LogP contribution in [0, 0.1) is 0 Å². The largest absolute Gasteiger partial charge is 0.482 e. The van der Waals surface area contributed by atoms with Gasteiger partial charge in [0.1, 0.15) is 11.3 Å². The van der Waals surface area contributed by atoms with Gasteiger partial charge in [0.05, 0.1) is 10.7 Å². The van der Waals surface area contributed by atoms with Gasteiger partial charge in [0, 0.05) is 31.1 Å². The second kappa shape index (κ2) is 11.4. The molecule has 1 aromatic heterocycles. The molecule has 1 heterocycles. The van der Waals surface area contributed by atoms with Crippen molar-refractivity contribution in [1.82, 2.24) is 4.90 Å². The first kappa shape index (κ1) is 23.4. The zero-order valence-corrected chi connectivity index (χ0v) is 19.3. The average molecular weight is 477 g/mol. The summed E-state index contributed by atoms with van der Waals surface area (Å²) in [6, 6.07) is 25.7. The molecule has 3 aromatic carbocycles. The van der Waals surface area contributed by atoms with E-state index >= 15 is 0 Å². The van der Waals surface area contributed by atoms with Gasteiger partial charge >= 0.3 is 5.63 Å². The quantitative estimate of drug-likeness (QED) is 0.246. The number of hydrogen-bond donors (Lipinski definition) is 1. The molecule has 0 atom stereocenters. The van der Waals surface area contributed by atoms with Gasteiger partial charge in [-0.05, 0) is 36.2 Å². The lowest BCUT2D eigenvalue weighted by Crippen LogP contribution is -2.36. The van der Waals surface area contributed by atoms with Crippen LogP contribution in [-0.4, -0.2) is 30.5 Å². The highest BCUT2D eigenvalue weighted by molar-refractivity contribution is 6.32. The van der Waals surface area contributed by atoms with Gasteiger partial charge in [0.15, 0.2) is 6.61 Å². The SMILES string of the molecule is O=C(COc1ccccc1Cl)N(CCCNc1cc(=O)oc2ccccc12)Cc1ccccc1. The van der Waals surface area contributed by atoms with Gasteiger partial charge in [-0.25, -0.2) is 4.79 Å². The summed E-state index contributed by atoms with van der Waals surface area (Å²) in [6.45, 7) is 1.47. The summed E-state index contributed by atoms with van der Waals surface area (Å²) in [5.41, 5.74) is 1.89. The predicted molar refractivity (Wildman–Crippen MR) is 134 cm³/mol. The van der Waals surface area contributed by atoms with E-state index in [9.17, 15) is 9.59 Å². The van der Waals surface area contributed by atoms with E-state index in [1.807, 2.05) is 60.7 Å². The maximum atomic E-state index is 13.0. The molecular formula is C27H25ClN2O4. The topological polar surface area (TPSA) is 71.8 Å². The highest BCUT2D eigenvalue weighted by Crippen LogP contribution is 2.23. The number of benzene rings is 3. The Morgan fingerprint density at radius 1 is 0.971 bits per heavy atom. The Labute approximate surface area is 202 Å². The van der Waals surface area contributed by atoms with E-state index in [2.05, 4.69) is 5.32 Å². The van der Waals surface area contributed by atoms with Crippen molar-refractivity contribution in [3.8, 4) is 5.75 Å². The molecule has 0 saturated carbocycles. The third-order valence-corrected chi connectivity index (χ3v) is 5.64. The third-order valence-electron chi connectivity index (χ3n) is 5.33. The van der Waals surface area contributed by atoms with Crippen LogP contribution in [0.4, 0.5) is 5.69 Å². The van der Waals surface area contributed by atoms with E-state index in [1.165, 1.54) is 6.07 Å². The van der Waals surface area contributed by atoms with E-state index in [1.54, 1.807) is 23.1 Å². The highest BCUT2D eigenvalue weighted by atomic mass is 35.5. The van der Waals surface area contributed by atoms with Crippen LogP contribution >= 0.6 is 11.6 Å². The van der Waals surface area contributed by atoms with Gasteiger partial charge in [-0.15, -0.1) is 0 Å². The monoisotopic (exact) mass is 476 g/mol. The van der Waals surface area contributed by atoms with Crippen LogP contribution in [0.3, 0.4) is 0 Å². The number of fused-ring (bicyclic) bond motifs is 1. The molecule has 0 bridgehead atoms. The minimum atomic E-state index is -0.404. The van der Waals surface area contributed by atoms with Crippen LogP contribution in [0.25, 0.3) is 11.0 Å². The van der Waals surface area contributed by atoms with Crippen LogP contribution < -0.4 is 15.7 Å². The first-order chi connectivity index (χ1) is 16.6. The molecule has 0 unspecified atom stereocenters. The van der Waals surface area contributed by atoms with Crippen molar-refractivity contribution < 1.29 is 13.9 Å². The van der Waals surface area contributed by atoms with E-state index in [0.717, 1.165) is 16.6 Å². The summed E-state index contributed by atoms with van der Waals surface area (Å²) in [5.74, 6) is 0.350. The molecule has 7 heteroatoms. The molecule has 4 rings (SSSR count). The van der Waals surface area contributed by atoms with E-state index in [4.69, 9.17) is 20.8 Å². The maximum Gasteiger partial charge on any atom is 0.338 e. The fraction of sp³-hybridized carbons (Fsp3) is 0.185. The van der Waals surface area contributed by atoms with E-state index in [0.29, 0.717) is 42.4 Å². The van der Waals surface area contributed by atoms with Crippen LogP contribution in [-0.2, 0) is 11.3 Å². The van der Waals surface area contributed by atoms with Gasteiger partial charge < -0.3 is 19.4 Å². The molecular weight excluding hydrogens is 452 g/mol. The Bertz CT molecular complexity index is 1310. The summed E-state index contributed by atoms with van der Waals surface area (Å²) < 4.78 is 10.9. The number of carbonyl (C=O) groups excluding carboxylic acids is 1. The van der Waals surface area contributed by atoms with Crippen LogP contribution in [0.15, 0.2) is 94.1 Å². The number of carbonyl (C=O) groups is 1. The van der Waals surface area contributed by atoms with Gasteiger partial charge in [-0.1, -0.05) is 66.2 Å². The zero-order chi connectivity index (χ0) is 23.8. The van der Waals surface area contributed by atoms with E-state index in [-0.39, 0.29) is 12.5 Å². The lowest BCUT2D eigenvalue weighted by atomic mass is 10.2. The van der Waals surface area contributed by atoms with Gasteiger partial charge in [0.2, 0.25) is 0 Å². The fourth-order valence-corrected chi connectivity index (χ4v) is 3.83. The lowest BCUT2D eigenvalue weighted by molar-refractivity contribution is -0.134. The molecule has 4 aromatic rings. The average Bonchev–Trinajstić information content (AvgIpc) is 2.85. The molecule has 6 nitrogen and oxygen atoms in total. The lowest BCUT2D eigenvalue weighted by Gasteiger charge is -2.23. The molecule has 0 aliphatic rings. The van der Waals surface area contributed by atoms with E-state index < -0.39 is 5.63 Å². The minimum absolute atomic E-state index is 0.103. The summed E-state index contributed by atoms with van der Waals surface area (Å²) in [6.07, 6.45) is 0.680. The van der Waals surface area contributed by atoms with Crippen LogP contribution in [0.1, 0.15) is 12.0 Å². The van der Waals surface area contributed by atoms with Crippen molar-refractivity contribution in [1.29, 1.82) is 0 Å². The molecule has 0 fully saturated rings. The van der Waals surface area contributed by atoms with Crippen molar-refractivity contribution in [2.24, 2.45) is 0 Å². The molecule has 0 spiro atoms. The summed E-state index contributed by atoms with van der Waals surface area (Å²) in [5, 5.41) is 4.61.